The molecule has 0 aliphatic carbocycles. The Balaban J connectivity index is 2.18. The molecule has 1 aromatic carbocycles. The number of thioether (sulfide) groups is 1. The van der Waals surface area contributed by atoms with E-state index in [0.717, 1.165) is 23.5 Å². The second kappa shape index (κ2) is 6.44. The summed E-state index contributed by atoms with van der Waals surface area (Å²) >= 11 is 8.13. The number of rotatable bonds is 4. The standard InChI is InChI=1S/C14H15ClO3S/c1-2-18-14(17)13(16)9-3-4-11(12(15)7-9)10-5-6-19-8-10/h3-4,7,10H,2,5-6,8H2,1H3. The minimum atomic E-state index is -0.831. The Labute approximate surface area is 121 Å². The first kappa shape index (κ1) is 14.4. The van der Waals surface area contributed by atoms with Crippen molar-refractivity contribution in [2.75, 3.05) is 18.1 Å². The molecule has 2 rings (SSSR count). The molecular formula is C14H15ClO3S. The lowest BCUT2D eigenvalue weighted by atomic mass is 9.96. The van der Waals surface area contributed by atoms with Gasteiger partial charge in [0.15, 0.2) is 0 Å². The zero-order chi connectivity index (χ0) is 13.8. The maximum absolute atomic E-state index is 11.8. The monoisotopic (exact) mass is 298 g/mol. The maximum Gasteiger partial charge on any atom is 0.379 e. The van der Waals surface area contributed by atoms with E-state index in [1.807, 2.05) is 17.8 Å². The summed E-state index contributed by atoms with van der Waals surface area (Å²) in [7, 11) is 0. The van der Waals surface area contributed by atoms with Crippen molar-refractivity contribution in [3.05, 3.63) is 34.3 Å². The summed E-state index contributed by atoms with van der Waals surface area (Å²) in [5, 5.41) is 0.558. The quantitative estimate of drug-likeness (QED) is 0.486. The van der Waals surface area contributed by atoms with Gasteiger partial charge in [0.25, 0.3) is 5.78 Å². The minimum Gasteiger partial charge on any atom is -0.460 e. The van der Waals surface area contributed by atoms with E-state index in [1.165, 1.54) is 0 Å². The van der Waals surface area contributed by atoms with Crippen LogP contribution in [0.15, 0.2) is 18.2 Å². The Hall–Kier alpha value is -1.000. The van der Waals surface area contributed by atoms with Crippen molar-refractivity contribution in [2.45, 2.75) is 19.3 Å². The molecular weight excluding hydrogens is 284 g/mol. The van der Waals surface area contributed by atoms with Crippen LogP contribution in [0.25, 0.3) is 0 Å². The molecule has 0 N–H and O–H groups in total. The number of esters is 1. The zero-order valence-corrected chi connectivity index (χ0v) is 12.2. The van der Waals surface area contributed by atoms with Gasteiger partial charge in [-0.05, 0) is 36.6 Å². The van der Waals surface area contributed by atoms with Crippen LogP contribution >= 0.6 is 23.4 Å². The molecule has 1 saturated heterocycles. The molecule has 1 aliphatic rings. The topological polar surface area (TPSA) is 43.4 Å². The highest BCUT2D eigenvalue weighted by Gasteiger charge is 2.22. The predicted molar refractivity (Wildman–Crippen MR) is 77.1 cm³/mol. The zero-order valence-electron chi connectivity index (χ0n) is 10.6. The van der Waals surface area contributed by atoms with Gasteiger partial charge in [0.05, 0.1) is 6.61 Å². The first-order valence-electron chi connectivity index (χ1n) is 6.22. The van der Waals surface area contributed by atoms with Crippen molar-refractivity contribution in [3.8, 4) is 0 Å². The molecule has 102 valence electrons. The second-order valence-corrected chi connectivity index (χ2v) is 5.90. The van der Waals surface area contributed by atoms with Gasteiger partial charge >= 0.3 is 5.97 Å². The number of benzene rings is 1. The Morgan fingerprint density at radius 2 is 2.26 bits per heavy atom. The van der Waals surface area contributed by atoms with Crippen LogP contribution in [0.4, 0.5) is 0 Å². The van der Waals surface area contributed by atoms with Gasteiger partial charge in [-0.1, -0.05) is 23.7 Å². The van der Waals surface area contributed by atoms with E-state index in [4.69, 9.17) is 16.3 Å². The SMILES string of the molecule is CCOC(=O)C(=O)c1ccc(C2CCSC2)c(Cl)c1. The van der Waals surface area contributed by atoms with E-state index in [0.29, 0.717) is 10.9 Å². The number of hydrogen-bond acceptors (Lipinski definition) is 4. The van der Waals surface area contributed by atoms with E-state index in [9.17, 15) is 9.59 Å². The van der Waals surface area contributed by atoms with Gasteiger partial charge in [0, 0.05) is 16.3 Å². The molecule has 1 fully saturated rings. The predicted octanol–water partition coefficient (Wildman–Crippen LogP) is 3.31. The number of ether oxygens (including phenoxy) is 1. The lowest BCUT2D eigenvalue weighted by molar-refractivity contribution is -0.137. The third-order valence-corrected chi connectivity index (χ3v) is 4.58. The number of hydrogen-bond donors (Lipinski definition) is 0. The van der Waals surface area contributed by atoms with Crippen LogP contribution in [0.3, 0.4) is 0 Å². The molecule has 0 aromatic heterocycles. The average Bonchev–Trinajstić information content (AvgIpc) is 2.91. The van der Waals surface area contributed by atoms with E-state index < -0.39 is 11.8 Å². The minimum absolute atomic E-state index is 0.190. The average molecular weight is 299 g/mol. The fourth-order valence-corrected chi connectivity index (χ4v) is 3.68. The van der Waals surface area contributed by atoms with Gasteiger partial charge in [-0.3, -0.25) is 4.79 Å². The van der Waals surface area contributed by atoms with Gasteiger partial charge in [-0.25, -0.2) is 4.79 Å². The number of Topliss-reactive ketones (excluding diaryl/α,β-unsaturated/α-hetero) is 1. The molecule has 0 radical (unpaired) electrons. The van der Waals surface area contributed by atoms with Crippen LogP contribution in [0.2, 0.25) is 5.02 Å². The Morgan fingerprint density at radius 3 is 2.84 bits per heavy atom. The largest absolute Gasteiger partial charge is 0.460 e. The van der Waals surface area contributed by atoms with E-state index in [2.05, 4.69) is 0 Å². The summed E-state index contributed by atoms with van der Waals surface area (Å²) in [5.41, 5.74) is 1.35. The number of carbonyl (C=O) groups is 2. The van der Waals surface area contributed by atoms with E-state index in [-0.39, 0.29) is 12.2 Å². The summed E-state index contributed by atoms with van der Waals surface area (Å²) < 4.78 is 4.69. The normalized spacial score (nSPS) is 18.3. The number of ketones is 1. The van der Waals surface area contributed by atoms with Crippen molar-refractivity contribution in [2.24, 2.45) is 0 Å². The number of halogens is 1. The van der Waals surface area contributed by atoms with Gasteiger partial charge in [-0.15, -0.1) is 0 Å². The molecule has 1 aliphatic heterocycles. The molecule has 0 spiro atoms. The summed E-state index contributed by atoms with van der Waals surface area (Å²) in [5.74, 6) is 1.18. The summed E-state index contributed by atoms with van der Waals surface area (Å²) in [4.78, 5) is 23.2. The van der Waals surface area contributed by atoms with Gasteiger partial charge in [0.2, 0.25) is 0 Å². The Bertz CT molecular complexity index is 495. The maximum atomic E-state index is 11.8. The van der Waals surface area contributed by atoms with Crippen molar-refractivity contribution in [1.82, 2.24) is 0 Å². The molecule has 1 heterocycles. The van der Waals surface area contributed by atoms with E-state index >= 15 is 0 Å². The third-order valence-electron chi connectivity index (χ3n) is 3.09. The highest BCUT2D eigenvalue weighted by atomic mass is 35.5. The molecule has 0 amide bonds. The fraction of sp³-hybridized carbons (Fsp3) is 0.429. The van der Waals surface area contributed by atoms with Gasteiger partial charge in [0.1, 0.15) is 0 Å². The van der Waals surface area contributed by atoms with E-state index in [1.54, 1.807) is 19.1 Å². The molecule has 0 saturated carbocycles. The van der Waals surface area contributed by atoms with Crippen molar-refractivity contribution in [1.29, 1.82) is 0 Å². The van der Waals surface area contributed by atoms with Crippen molar-refractivity contribution >= 4 is 35.1 Å². The smallest absolute Gasteiger partial charge is 0.379 e. The Kier molecular flexibility index (Phi) is 4.88. The summed E-state index contributed by atoms with van der Waals surface area (Å²) in [6.45, 7) is 1.86. The fourth-order valence-electron chi connectivity index (χ4n) is 2.09. The van der Waals surface area contributed by atoms with Crippen LogP contribution in [-0.2, 0) is 9.53 Å². The van der Waals surface area contributed by atoms with Gasteiger partial charge < -0.3 is 4.74 Å². The number of carbonyl (C=O) groups excluding carboxylic acids is 2. The van der Waals surface area contributed by atoms with Crippen LogP contribution in [0.1, 0.15) is 35.2 Å². The molecule has 1 unspecified atom stereocenters. The lowest BCUT2D eigenvalue weighted by Crippen LogP contribution is -2.17. The Morgan fingerprint density at radius 1 is 1.47 bits per heavy atom. The third kappa shape index (κ3) is 3.31. The van der Waals surface area contributed by atoms with Crippen LogP contribution in [0, 0.1) is 0 Å². The summed E-state index contributed by atoms with van der Waals surface area (Å²) in [6, 6.07) is 5.08. The first-order valence-corrected chi connectivity index (χ1v) is 7.75. The van der Waals surface area contributed by atoms with Crippen LogP contribution < -0.4 is 0 Å². The van der Waals surface area contributed by atoms with Gasteiger partial charge in [-0.2, -0.15) is 11.8 Å². The molecule has 3 nitrogen and oxygen atoms in total. The molecule has 5 heteroatoms. The highest BCUT2D eigenvalue weighted by Crippen LogP contribution is 2.36. The first-order chi connectivity index (χ1) is 9.13. The molecule has 19 heavy (non-hydrogen) atoms. The van der Waals surface area contributed by atoms with Crippen molar-refractivity contribution in [3.63, 3.8) is 0 Å². The van der Waals surface area contributed by atoms with Crippen LogP contribution in [-0.4, -0.2) is 29.9 Å². The molecule has 1 aromatic rings. The molecule has 0 bridgehead atoms. The van der Waals surface area contributed by atoms with Crippen molar-refractivity contribution < 1.29 is 14.3 Å². The summed E-state index contributed by atoms with van der Waals surface area (Å²) in [6.07, 6.45) is 1.11. The molecule has 1 atom stereocenters. The second-order valence-electron chi connectivity index (χ2n) is 4.35. The van der Waals surface area contributed by atoms with Crippen LogP contribution in [0.5, 0.6) is 0 Å². The lowest BCUT2D eigenvalue weighted by Gasteiger charge is -2.11. The highest BCUT2D eigenvalue weighted by molar-refractivity contribution is 7.99.